The van der Waals surface area contributed by atoms with E-state index in [9.17, 15) is 22.8 Å². The Kier molecular flexibility index (Phi) is 6.43. The molecule has 3 rings (SSSR count). The van der Waals surface area contributed by atoms with Gasteiger partial charge in [-0.15, -0.1) is 0 Å². The monoisotopic (exact) mass is 423 g/mol. The van der Waals surface area contributed by atoms with Gasteiger partial charge in [-0.3, -0.25) is 9.59 Å². The molecule has 0 spiro atoms. The van der Waals surface area contributed by atoms with Crippen molar-refractivity contribution in [1.29, 1.82) is 0 Å². The molecule has 1 aromatic carbocycles. The summed E-state index contributed by atoms with van der Waals surface area (Å²) < 4.78 is 46.2. The number of hydrogen-bond donors (Lipinski definition) is 0. The largest absolute Gasteiger partial charge is 0.497 e. The highest BCUT2D eigenvalue weighted by Crippen LogP contribution is 2.19. The summed E-state index contributed by atoms with van der Waals surface area (Å²) in [6.45, 7) is -0.0533. The Balaban J connectivity index is 1.55. The zero-order valence-corrected chi connectivity index (χ0v) is 16.2. The van der Waals surface area contributed by atoms with E-state index in [4.69, 9.17) is 4.74 Å². The van der Waals surface area contributed by atoms with E-state index in [0.29, 0.717) is 37.5 Å². The zero-order valence-electron chi connectivity index (χ0n) is 16.2. The topological polar surface area (TPSA) is 72.0 Å². The van der Waals surface area contributed by atoms with Crippen molar-refractivity contribution in [3.05, 3.63) is 53.7 Å². The number of amides is 2. The summed E-state index contributed by atoms with van der Waals surface area (Å²) in [5, 5.41) is 0. The number of rotatable bonds is 5. The molecule has 0 atom stereocenters. The average Bonchev–Trinajstić information content (AvgIpc) is 2.76. The minimum Gasteiger partial charge on any atom is -0.497 e. The van der Waals surface area contributed by atoms with Gasteiger partial charge in [-0.2, -0.15) is 13.2 Å². The summed E-state index contributed by atoms with van der Waals surface area (Å²) in [5.74, 6) is -0.0745. The first-order valence-electron chi connectivity index (χ1n) is 9.15. The Morgan fingerprint density at radius 3 is 2.17 bits per heavy atom. The van der Waals surface area contributed by atoms with Gasteiger partial charge >= 0.3 is 6.18 Å². The van der Waals surface area contributed by atoms with Crippen molar-refractivity contribution >= 4 is 11.8 Å². The molecule has 0 aliphatic carbocycles. The van der Waals surface area contributed by atoms with Crippen LogP contribution in [0.15, 0.2) is 42.6 Å². The molecule has 0 N–H and O–H groups in total. The molecular formula is C20H20F3N3O4. The smallest absolute Gasteiger partial charge is 0.422 e. The van der Waals surface area contributed by atoms with Crippen molar-refractivity contribution in [2.45, 2.75) is 6.18 Å². The molecule has 30 heavy (non-hydrogen) atoms. The third kappa shape index (κ3) is 5.40. The number of hydrogen-bond acceptors (Lipinski definition) is 5. The number of carbonyl (C=O) groups is 2. The summed E-state index contributed by atoms with van der Waals surface area (Å²) in [4.78, 5) is 32.2. The molecule has 2 aromatic rings. The van der Waals surface area contributed by atoms with Crippen LogP contribution in [0.3, 0.4) is 0 Å². The molecule has 1 fully saturated rings. The molecule has 1 saturated heterocycles. The molecule has 160 valence electrons. The third-order valence-electron chi connectivity index (χ3n) is 4.54. The molecule has 0 unspecified atom stereocenters. The van der Waals surface area contributed by atoms with Gasteiger partial charge in [0, 0.05) is 44.0 Å². The number of ether oxygens (including phenoxy) is 2. The zero-order chi connectivity index (χ0) is 21.7. The Bertz CT molecular complexity index is 895. The maximum atomic E-state index is 12.6. The van der Waals surface area contributed by atoms with Crippen LogP contribution < -0.4 is 9.47 Å². The highest BCUT2D eigenvalue weighted by molar-refractivity contribution is 5.96. The van der Waals surface area contributed by atoms with Crippen LogP contribution in [0.2, 0.25) is 0 Å². The van der Waals surface area contributed by atoms with Crippen LogP contribution in [-0.4, -0.2) is 72.7 Å². The van der Waals surface area contributed by atoms with Crippen LogP contribution in [0.5, 0.6) is 11.6 Å². The molecule has 10 heteroatoms. The second-order valence-electron chi connectivity index (χ2n) is 6.61. The Hall–Kier alpha value is -3.30. The fraction of sp³-hybridized carbons (Fsp3) is 0.350. The molecule has 2 amide bonds. The number of nitrogens with zero attached hydrogens (tertiary/aromatic N) is 3. The van der Waals surface area contributed by atoms with E-state index in [1.165, 1.54) is 25.4 Å². The van der Waals surface area contributed by atoms with Crippen LogP contribution in [0.4, 0.5) is 13.2 Å². The van der Waals surface area contributed by atoms with E-state index < -0.39 is 12.8 Å². The Labute approximate surface area is 171 Å². The predicted molar refractivity (Wildman–Crippen MR) is 101 cm³/mol. The normalized spacial score (nSPS) is 14.4. The van der Waals surface area contributed by atoms with E-state index in [-0.39, 0.29) is 23.3 Å². The van der Waals surface area contributed by atoms with E-state index in [1.54, 1.807) is 34.1 Å². The second-order valence-corrected chi connectivity index (χ2v) is 6.61. The molecule has 1 aliphatic heterocycles. The summed E-state index contributed by atoms with van der Waals surface area (Å²) in [6.07, 6.45) is -3.28. The van der Waals surface area contributed by atoms with Gasteiger partial charge in [-0.25, -0.2) is 4.98 Å². The molecule has 1 aromatic heterocycles. The van der Waals surface area contributed by atoms with Gasteiger partial charge in [0.1, 0.15) is 5.75 Å². The van der Waals surface area contributed by atoms with Gasteiger partial charge in [-0.1, -0.05) is 6.07 Å². The molecule has 1 aliphatic rings. The first kappa shape index (κ1) is 21.4. The number of halogens is 3. The Morgan fingerprint density at radius 1 is 1.00 bits per heavy atom. The number of benzene rings is 1. The van der Waals surface area contributed by atoms with E-state index in [2.05, 4.69) is 9.72 Å². The van der Waals surface area contributed by atoms with Gasteiger partial charge in [-0.05, 0) is 24.3 Å². The van der Waals surface area contributed by atoms with E-state index in [1.807, 2.05) is 0 Å². The van der Waals surface area contributed by atoms with Crippen molar-refractivity contribution in [1.82, 2.24) is 14.8 Å². The van der Waals surface area contributed by atoms with Crippen molar-refractivity contribution in [2.75, 3.05) is 39.9 Å². The van der Waals surface area contributed by atoms with Gasteiger partial charge in [0.2, 0.25) is 5.88 Å². The quantitative estimate of drug-likeness (QED) is 0.740. The van der Waals surface area contributed by atoms with Crippen molar-refractivity contribution in [2.24, 2.45) is 0 Å². The lowest BCUT2D eigenvalue weighted by molar-refractivity contribution is -0.154. The average molecular weight is 423 g/mol. The molecule has 2 heterocycles. The standard InChI is InChI=1S/C20H20F3N3O4/c1-29-16-4-2-3-14(11-16)18(27)25-7-9-26(10-8-25)19(28)15-5-6-17(24-12-15)30-13-20(21,22)23/h2-6,11-12H,7-10,13H2,1H3. The molecule has 0 radical (unpaired) electrons. The molecule has 7 nitrogen and oxygen atoms in total. The van der Waals surface area contributed by atoms with Crippen LogP contribution in [0.25, 0.3) is 0 Å². The number of methoxy groups -OCH3 is 1. The third-order valence-corrected chi connectivity index (χ3v) is 4.54. The number of carbonyl (C=O) groups excluding carboxylic acids is 2. The lowest BCUT2D eigenvalue weighted by Gasteiger charge is -2.34. The number of piperazine rings is 1. The van der Waals surface area contributed by atoms with E-state index in [0.717, 1.165) is 0 Å². The highest BCUT2D eigenvalue weighted by Gasteiger charge is 2.29. The minimum absolute atomic E-state index is 0.145. The first-order chi connectivity index (χ1) is 14.3. The van der Waals surface area contributed by atoms with Crippen LogP contribution in [-0.2, 0) is 0 Å². The van der Waals surface area contributed by atoms with Gasteiger partial charge in [0.05, 0.1) is 12.7 Å². The second kappa shape index (κ2) is 9.02. The van der Waals surface area contributed by atoms with Crippen molar-refractivity contribution in [3.8, 4) is 11.6 Å². The summed E-state index contributed by atoms with van der Waals surface area (Å²) in [5.41, 5.74) is 0.745. The number of pyridine rings is 1. The summed E-state index contributed by atoms with van der Waals surface area (Å²) in [6, 6.07) is 9.45. The molecule has 0 saturated carbocycles. The predicted octanol–water partition coefficient (Wildman–Crippen LogP) is 2.63. The lowest BCUT2D eigenvalue weighted by Crippen LogP contribution is -2.50. The van der Waals surface area contributed by atoms with Crippen molar-refractivity contribution < 1.29 is 32.2 Å². The maximum Gasteiger partial charge on any atom is 0.422 e. The van der Waals surface area contributed by atoms with Crippen LogP contribution in [0, 0.1) is 0 Å². The molecule has 0 bridgehead atoms. The molecular weight excluding hydrogens is 403 g/mol. The van der Waals surface area contributed by atoms with Crippen molar-refractivity contribution in [3.63, 3.8) is 0 Å². The fourth-order valence-electron chi connectivity index (χ4n) is 2.98. The summed E-state index contributed by atoms with van der Waals surface area (Å²) >= 11 is 0. The summed E-state index contributed by atoms with van der Waals surface area (Å²) in [7, 11) is 1.53. The van der Waals surface area contributed by atoms with Gasteiger partial charge < -0.3 is 19.3 Å². The number of alkyl halides is 3. The van der Waals surface area contributed by atoms with Crippen LogP contribution in [0.1, 0.15) is 20.7 Å². The lowest BCUT2D eigenvalue weighted by atomic mass is 10.1. The van der Waals surface area contributed by atoms with E-state index >= 15 is 0 Å². The maximum absolute atomic E-state index is 12.6. The Morgan fingerprint density at radius 2 is 1.63 bits per heavy atom. The minimum atomic E-state index is -4.46. The first-order valence-corrected chi connectivity index (χ1v) is 9.15. The SMILES string of the molecule is COc1cccc(C(=O)N2CCN(C(=O)c3ccc(OCC(F)(F)F)nc3)CC2)c1. The highest BCUT2D eigenvalue weighted by atomic mass is 19.4. The number of aromatic nitrogens is 1. The fourth-order valence-corrected chi connectivity index (χ4v) is 2.98. The van der Waals surface area contributed by atoms with Gasteiger partial charge in [0.15, 0.2) is 6.61 Å². The van der Waals surface area contributed by atoms with Gasteiger partial charge in [0.25, 0.3) is 11.8 Å². The van der Waals surface area contributed by atoms with Crippen LogP contribution >= 0.6 is 0 Å².